The van der Waals surface area contributed by atoms with E-state index < -0.39 is 10.0 Å². The number of benzene rings is 2. The molecule has 2 aromatic carbocycles. The predicted molar refractivity (Wildman–Crippen MR) is 98.4 cm³/mol. The zero-order chi connectivity index (χ0) is 17.6. The summed E-state index contributed by atoms with van der Waals surface area (Å²) in [5.74, 6) is -0.234. The molecule has 0 aliphatic heterocycles. The van der Waals surface area contributed by atoms with Crippen molar-refractivity contribution in [2.24, 2.45) is 0 Å². The van der Waals surface area contributed by atoms with Gasteiger partial charge in [-0.3, -0.25) is 4.79 Å². The monoisotopic (exact) mass is 410 g/mol. The number of halogens is 1. The topological polar surface area (TPSA) is 75.3 Å². The van der Waals surface area contributed by atoms with E-state index in [9.17, 15) is 13.2 Å². The molecular formula is C17H19BrN2O3S. The molecule has 0 saturated carbocycles. The number of rotatable bonds is 7. The molecule has 0 fully saturated rings. The molecule has 5 nitrogen and oxygen atoms in total. The number of aryl methyl sites for hydroxylation is 1. The van der Waals surface area contributed by atoms with E-state index in [1.54, 1.807) is 12.1 Å². The fourth-order valence-corrected chi connectivity index (χ4v) is 3.38. The van der Waals surface area contributed by atoms with Crippen LogP contribution in [0, 0.1) is 0 Å². The van der Waals surface area contributed by atoms with Gasteiger partial charge >= 0.3 is 0 Å². The maximum atomic E-state index is 12.1. The lowest BCUT2D eigenvalue weighted by atomic mass is 10.1. The molecular weight excluding hydrogens is 392 g/mol. The number of hydrogen-bond acceptors (Lipinski definition) is 3. The van der Waals surface area contributed by atoms with Gasteiger partial charge in [-0.2, -0.15) is 0 Å². The molecule has 0 radical (unpaired) electrons. The SMILES string of the molecule is CCc1cccc(NC(=O)CCNS(=O)(=O)c2ccc(Br)cc2)c1. The Kier molecular flexibility index (Phi) is 6.53. The number of nitrogens with one attached hydrogen (secondary N) is 2. The molecule has 2 rings (SSSR count). The smallest absolute Gasteiger partial charge is 0.240 e. The molecule has 2 aromatic rings. The quantitative estimate of drug-likeness (QED) is 0.734. The van der Waals surface area contributed by atoms with E-state index in [1.165, 1.54) is 12.1 Å². The van der Waals surface area contributed by atoms with Gasteiger partial charge in [-0.15, -0.1) is 0 Å². The summed E-state index contributed by atoms with van der Waals surface area (Å²) in [5, 5.41) is 2.77. The van der Waals surface area contributed by atoms with E-state index in [4.69, 9.17) is 0 Å². The van der Waals surface area contributed by atoms with Crippen LogP contribution in [0.15, 0.2) is 57.9 Å². The number of hydrogen-bond donors (Lipinski definition) is 2. The van der Waals surface area contributed by atoms with Crippen molar-refractivity contribution in [2.45, 2.75) is 24.7 Å². The maximum absolute atomic E-state index is 12.1. The molecule has 0 bridgehead atoms. The van der Waals surface area contributed by atoms with Crippen molar-refractivity contribution in [3.63, 3.8) is 0 Å². The van der Waals surface area contributed by atoms with Gasteiger partial charge in [0.2, 0.25) is 15.9 Å². The van der Waals surface area contributed by atoms with Crippen molar-refractivity contribution < 1.29 is 13.2 Å². The largest absolute Gasteiger partial charge is 0.326 e. The third-order valence-electron chi connectivity index (χ3n) is 3.39. The Morgan fingerprint density at radius 1 is 1.12 bits per heavy atom. The Morgan fingerprint density at radius 2 is 1.83 bits per heavy atom. The van der Waals surface area contributed by atoms with Gasteiger partial charge in [-0.1, -0.05) is 35.0 Å². The highest BCUT2D eigenvalue weighted by Gasteiger charge is 2.14. The lowest BCUT2D eigenvalue weighted by molar-refractivity contribution is -0.116. The molecule has 2 N–H and O–H groups in total. The van der Waals surface area contributed by atoms with Crippen LogP contribution in [-0.2, 0) is 21.2 Å². The Hall–Kier alpha value is -1.70. The summed E-state index contributed by atoms with van der Waals surface area (Å²) in [6.07, 6.45) is 0.947. The van der Waals surface area contributed by atoms with Crippen LogP contribution in [0.4, 0.5) is 5.69 Å². The van der Waals surface area contributed by atoms with E-state index in [1.807, 2.05) is 31.2 Å². The number of carbonyl (C=O) groups excluding carboxylic acids is 1. The Balaban J connectivity index is 1.86. The summed E-state index contributed by atoms with van der Waals surface area (Å²) in [7, 11) is -3.61. The van der Waals surface area contributed by atoms with Crippen molar-refractivity contribution >= 4 is 37.5 Å². The number of carbonyl (C=O) groups is 1. The molecule has 24 heavy (non-hydrogen) atoms. The highest BCUT2D eigenvalue weighted by molar-refractivity contribution is 9.10. The molecule has 0 unspecified atom stereocenters. The molecule has 0 aromatic heterocycles. The van der Waals surface area contributed by atoms with Crippen molar-refractivity contribution in [1.29, 1.82) is 0 Å². The van der Waals surface area contributed by atoms with E-state index in [0.717, 1.165) is 22.1 Å². The van der Waals surface area contributed by atoms with Gasteiger partial charge in [0.15, 0.2) is 0 Å². The third kappa shape index (κ3) is 5.43. The molecule has 128 valence electrons. The predicted octanol–water partition coefficient (Wildman–Crippen LogP) is 3.32. The van der Waals surface area contributed by atoms with Gasteiger partial charge < -0.3 is 5.32 Å². The molecule has 0 atom stereocenters. The lowest BCUT2D eigenvalue weighted by Crippen LogP contribution is -2.27. The van der Waals surface area contributed by atoms with Crippen LogP contribution in [0.25, 0.3) is 0 Å². The first kappa shape index (κ1) is 18.6. The van der Waals surface area contributed by atoms with Gasteiger partial charge in [0.05, 0.1) is 4.90 Å². The van der Waals surface area contributed by atoms with E-state index in [-0.39, 0.29) is 23.8 Å². The van der Waals surface area contributed by atoms with E-state index >= 15 is 0 Å². The second kappa shape index (κ2) is 8.41. The minimum absolute atomic E-state index is 0.0394. The fourth-order valence-electron chi connectivity index (χ4n) is 2.09. The van der Waals surface area contributed by atoms with Crippen LogP contribution in [0.1, 0.15) is 18.9 Å². The summed E-state index contributed by atoms with van der Waals surface area (Å²) in [6.45, 7) is 2.08. The zero-order valence-electron chi connectivity index (χ0n) is 13.3. The molecule has 0 saturated heterocycles. The first-order valence-corrected chi connectivity index (χ1v) is 9.82. The van der Waals surface area contributed by atoms with Gasteiger partial charge in [0, 0.05) is 23.1 Å². The average Bonchev–Trinajstić information content (AvgIpc) is 2.55. The van der Waals surface area contributed by atoms with Crippen molar-refractivity contribution in [1.82, 2.24) is 4.72 Å². The summed E-state index contributed by atoms with van der Waals surface area (Å²) >= 11 is 3.26. The summed E-state index contributed by atoms with van der Waals surface area (Å²) in [5.41, 5.74) is 1.85. The van der Waals surface area contributed by atoms with Crippen molar-refractivity contribution in [3.8, 4) is 0 Å². The molecule has 0 heterocycles. The first-order valence-electron chi connectivity index (χ1n) is 7.55. The first-order chi connectivity index (χ1) is 11.4. The van der Waals surface area contributed by atoms with E-state index in [0.29, 0.717) is 0 Å². The van der Waals surface area contributed by atoms with Gasteiger partial charge in [0.25, 0.3) is 0 Å². The molecule has 0 aliphatic carbocycles. The van der Waals surface area contributed by atoms with Gasteiger partial charge in [-0.25, -0.2) is 13.1 Å². The Labute approximate surface area is 150 Å². The van der Waals surface area contributed by atoms with Crippen LogP contribution in [-0.4, -0.2) is 20.9 Å². The van der Waals surface area contributed by atoms with Crippen molar-refractivity contribution in [3.05, 3.63) is 58.6 Å². The number of sulfonamides is 1. The van der Waals surface area contributed by atoms with Gasteiger partial charge in [0.1, 0.15) is 0 Å². The second-order valence-electron chi connectivity index (χ2n) is 5.20. The van der Waals surface area contributed by atoms with Crippen LogP contribution in [0.3, 0.4) is 0 Å². The average molecular weight is 411 g/mol. The molecule has 0 spiro atoms. The normalized spacial score (nSPS) is 11.2. The minimum Gasteiger partial charge on any atom is -0.326 e. The van der Waals surface area contributed by atoms with E-state index in [2.05, 4.69) is 26.0 Å². The maximum Gasteiger partial charge on any atom is 0.240 e. The fraction of sp³-hybridized carbons (Fsp3) is 0.235. The van der Waals surface area contributed by atoms with Gasteiger partial charge in [-0.05, 0) is 48.4 Å². The Morgan fingerprint density at radius 3 is 2.50 bits per heavy atom. The summed E-state index contributed by atoms with van der Waals surface area (Å²) < 4.78 is 27.4. The minimum atomic E-state index is -3.61. The zero-order valence-corrected chi connectivity index (χ0v) is 15.7. The number of amides is 1. The number of anilines is 1. The molecule has 1 amide bonds. The molecule has 0 aliphatic rings. The standard InChI is InChI=1S/C17H19BrN2O3S/c1-2-13-4-3-5-15(12-13)20-17(21)10-11-19-24(22,23)16-8-6-14(18)7-9-16/h3-9,12,19H,2,10-11H2,1H3,(H,20,21). The van der Waals surface area contributed by atoms with Crippen LogP contribution in [0.2, 0.25) is 0 Å². The van der Waals surface area contributed by atoms with Crippen LogP contribution in [0.5, 0.6) is 0 Å². The summed E-state index contributed by atoms with van der Waals surface area (Å²) in [6, 6.07) is 13.9. The van der Waals surface area contributed by atoms with Crippen LogP contribution >= 0.6 is 15.9 Å². The second-order valence-corrected chi connectivity index (χ2v) is 7.89. The molecule has 7 heteroatoms. The third-order valence-corrected chi connectivity index (χ3v) is 5.39. The highest BCUT2D eigenvalue weighted by Crippen LogP contribution is 2.14. The highest BCUT2D eigenvalue weighted by atomic mass is 79.9. The van der Waals surface area contributed by atoms with Crippen molar-refractivity contribution in [2.75, 3.05) is 11.9 Å². The van der Waals surface area contributed by atoms with Crippen LogP contribution < -0.4 is 10.0 Å². The summed E-state index contributed by atoms with van der Waals surface area (Å²) in [4.78, 5) is 12.1. The lowest BCUT2D eigenvalue weighted by Gasteiger charge is -2.08. The Bertz CT molecular complexity index is 805.